The lowest BCUT2D eigenvalue weighted by Crippen LogP contribution is -2.11. The molecule has 0 saturated carbocycles. The predicted octanol–water partition coefficient (Wildman–Crippen LogP) is 3.04. The lowest BCUT2D eigenvalue weighted by Gasteiger charge is -2.10. The number of thiazole rings is 1. The van der Waals surface area contributed by atoms with Crippen LogP contribution in [0.1, 0.15) is 26.5 Å². The molecule has 25 heavy (non-hydrogen) atoms. The van der Waals surface area contributed by atoms with E-state index in [-0.39, 0.29) is 5.91 Å². The number of carbonyl (C=O) groups is 1. The molecule has 1 aliphatic rings. The first-order chi connectivity index (χ1) is 12.2. The van der Waals surface area contributed by atoms with Gasteiger partial charge in [0.1, 0.15) is 0 Å². The van der Waals surface area contributed by atoms with Crippen LogP contribution in [-0.2, 0) is 31.2 Å². The number of rotatable bonds is 4. The van der Waals surface area contributed by atoms with Gasteiger partial charge < -0.3 is 4.74 Å². The van der Waals surface area contributed by atoms with Gasteiger partial charge in [-0.2, -0.15) is 5.10 Å². The van der Waals surface area contributed by atoms with E-state index in [9.17, 15) is 4.79 Å². The van der Waals surface area contributed by atoms with Crippen molar-refractivity contribution in [2.45, 2.75) is 19.4 Å². The van der Waals surface area contributed by atoms with Gasteiger partial charge in [0.05, 0.1) is 18.5 Å². The first-order valence-corrected chi connectivity index (χ1v) is 8.87. The first kappa shape index (κ1) is 16.0. The molecule has 0 unspecified atom stereocenters. The molecule has 0 saturated heterocycles. The molecule has 3 aromatic rings. The summed E-state index contributed by atoms with van der Waals surface area (Å²) in [6.07, 6.45) is 3.74. The number of amides is 1. The molecule has 1 amide bonds. The molecule has 0 spiro atoms. The van der Waals surface area contributed by atoms with E-state index in [0.29, 0.717) is 17.3 Å². The molecular weight excluding hydrogens is 336 g/mol. The summed E-state index contributed by atoms with van der Waals surface area (Å²) in [4.78, 5) is 18.3. The third kappa shape index (κ3) is 2.96. The van der Waals surface area contributed by atoms with Gasteiger partial charge in [0.15, 0.2) is 5.13 Å². The summed E-state index contributed by atoms with van der Waals surface area (Å²) < 4.78 is 6.99. The molecule has 0 fully saturated rings. The highest BCUT2D eigenvalue weighted by Gasteiger charge is 2.24. The van der Waals surface area contributed by atoms with Crippen molar-refractivity contribution >= 4 is 22.4 Å². The average molecular weight is 354 g/mol. The van der Waals surface area contributed by atoms with Crippen LogP contribution in [-0.4, -0.2) is 27.8 Å². The molecule has 128 valence electrons. The van der Waals surface area contributed by atoms with Gasteiger partial charge >= 0.3 is 0 Å². The lowest BCUT2D eigenvalue weighted by atomic mass is 10.0. The van der Waals surface area contributed by atoms with Gasteiger partial charge in [0.2, 0.25) is 0 Å². The molecule has 1 N–H and O–H groups in total. The van der Waals surface area contributed by atoms with Gasteiger partial charge in [-0.3, -0.25) is 14.8 Å². The summed E-state index contributed by atoms with van der Waals surface area (Å²) in [6.45, 7) is 0.536. The smallest absolute Gasteiger partial charge is 0.257 e. The standard InChI is InChI=1S/C18H18N4O2S/c1-22-14-7-8-15-16(13(14)9-19-22)20-18(25-15)21-17(23)12-5-3-11(4-6-12)10-24-2/h3-6,9H,7-8,10H2,1-2H3,(H,20,21,23). The Kier molecular flexibility index (Phi) is 4.10. The molecule has 0 bridgehead atoms. The van der Waals surface area contributed by atoms with E-state index in [1.807, 2.05) is 30.1 Å². The quantitative estimate of drug-likeness (QED) is 0.782. The number of benzene rings is 1. The highest BCUT2D eigenvalue weighted by molar-refractivity contribution is 7.16. The number of aromatic nitrogens is 3. The molecule has 2 heterocycles. The van der Waals surface area contributed by atoms with Crippen LogP contribution in [0.5, 0.6) is 0 Å². The van der Waals surface area contributed by atoms with Crippen molar-refractivity contribution in [2.75, 3.05) is 12.4 Å². The summed E-state index contributed by atoms with van der Waals surface area (Å²) in [6, 6.07) is 7.40. The number of anilines is 1. The van der Waals surface area contributed by atoms with Crippen molar-refractivity contribution in [2.24, 2.45) is 7.05 Å². The second-order valence-corrected chi connectivity index (χ2v) is 7.09. The fourth-order valence-corrected chi connectivity index (χ4v) is 4.03. The Morgan fingerprint density at radius 2 is 2.12 bits per heavy atom. The molecule has 1 aliphatic carbocycles. The van der Waals surface area contributed by atoms with Crippen molar-refractivity contribution in [1.82, 2.24) is 14.8 Å². The second-order valence-electron chi connectivity index (χ2n) is 6.00. The summed E-state index contributed by atoms with van der Waals surface area (Å²) in [7, 11) is 3.60. The van der Waals surface area contributed by atoms with Crippen molar-refractivity contribution in [3.05, 3.63) is 52.2 Å². The molecule has 6 nitrogen and oxygen atoms in total. The lowest BCUT2D eigenvalue weighted by molar-refractivity contribution is 0.102. The number of hydrogen-bond acceptors (Lipinski definition) is 5. The zero-order chi connectivity index (χ0) is 17.4. The van der Waals surface area contributed by atoms with E-state index < -0.39 is 0 Å². The summed E-state index contributed by atoms with van der Waals surface area (Å²) >= 11 is 1.54. The molecular formula is C18H18N4O2S. The van der Waals surface area contributed by atoms with E-state index in [1.54, 1.807) is 30.6 Å². The Bertz CT molecular complexity index is 927. The summed E-state index contributed by atoms with van der Waals surface area (Å²) in [5, 5.41) is 7.87. The number of hydrogen-bond donors (Lipinski definition) is 1. The third-order valence-corrected chi connectivity index (χ3v) is 5.38. The number of ether oxygens (including phenoxy) is 1. The Morgan fingerprint density at radius 3 is 2.88 bits per heavy atom. The Morgan fingerprint density at radius 1 is 1.32 bits per heavy atom. The van der Waals surface area contributed by atoms with Crippen LogP contribution in [0.25, 0.3) is 11.3 Å². The zero-order valence-electron chi connectivity index (χ0n) is 14.1. The Hall–Kier alpha value is -2.51. The van der Waals surface area contributed by atoms with Crippen LogP contribution in [0.15, 0.2) is 30.5 Å². The minimum Gasteiger partial charge on any atom is -0.380 e. The van der Waals surface area contributed by atoms with E-state index >= 15 is 0 Å². The fourth-order valence-electron chi connectivity index (χ4n) is 3.06. The largest absolute Gasteiger partial charge is 0.380 e. The first-order valence-electron chi connectivity index (χ1n) is 8.06. The highest BCUT2D eigenvalue weighted by atomic mass is 32.1. The minimum atomic E-state index is -0.151. The van der Waals surface area contributed by atoms with Crippen LogP contribution in [0.4, 0.5) is 5.13 Å². The summed E-state index contributed by atoms with van der Waals surface area (Å²) in [5.74, 6) is -0.151. The normalized spacial score (nSPS) is 12.6. The SMILES string of the molecule is COCc1ccc(C(=O)Nc2nc3c(s2)CCc2c-3cnn2C)cc1. The van der Waals surface area contributed by atoms with Crippen LogP contribution in [0, 0.1) is 0 Å². The monoisotopic (exact) mass is 354 g/mol. The topological polar surface area (TPSA) is 69.0 Å². The number of nitrogens with one attached hydrogen (secondary N) is 1. The van der Waals surface area contributed by atoms with Crippen LogP contribution >= 0.6 is 11.3 Å². The van der Waals surface area contributed by atoms with Gasteiger partial charge in [0.25, 0.3) is 5.91 Å². The molecule has 7 heteroatoms. The van der Waals surface area contributed by atoms with Gasteiger partial charge in [-0.15, -0.1) is 11.3 Å². The fraction of sp³-hybridized carbons (Fsp3) is 0.278. The van der Waals surface area contributed by atoms with Crippen molar-refractivity contribution in [1.29, 1.82) is 0 Å². The summed E-state index contributed by atoms with van der Waals surface area (Å²) in [5.41, 5.74) is 4.86. The van der Waals surface area contributed by atoms with Gasteiger partial charge in [-0.05, 0) is 30.5 Å². The minimum absolute atomic E-state index is 0.151. The third-order valence-electron chi connectivity index (χ3n) is 4.35. The molecule has 4 rings (SSSR count). The number of carbonyl (C=O) groups excluding carboxylic acids is 1. The molecule has 2 aromatic heterocycles. The molecule has 0 atom stereocenters. The van der Waals surface area contributed by atoms with Crippen molar-refractivity contribution in [3.63, 3.8) is 0 Å². The average Bonchev–Trinajstić information content (AvgIpc) is 3.19. The van der Waals surface area contributed by atoms with E-state index in [1.165, 1.54) is 10.6 Å². The van der Waals surface area contributed by atoms with Gasteiger partial charge in [-0.1, -0.05) is 12.1 Å². The Balaban J connectivity index is 1.54. The van der Waals surface area contributed by atoms with E-state index in [0.717, 1.165) is 29.7 Å². The maximum atomic E-state index is 12.5. The van der Waals surface area contributed by atoms with Gasteiger partial charge in [0, 0.05) is 35.9 Å². The molecule has 0 radical (unpaired) electrons. The van der Waals surface area contributed by atoms with Crippen LogP contribution < -0.4 is 5.32 Å². The Labute approximate surface area is 149 Å². The predicted molar refractivity (Wildman–Crippen MR) is 96.8 cm³/mol. The molecule has 1 aromatic carbocycles. The number of methoxy groups -OCH3 is 1. The van der Waals surface area contributed by atoms with Crippen molar-refractivity contribution in [3.8, 4) is 11.3 Å². The van der Waals surface area contributed by atoms with E-state index in [4.69, 9.17) is 4.74 Å². The molecule has 0 aliphatic heterocycles. The zero-order valence-corrected chi connectivity index (χ0v) is 14.9. The number of fused-ring (bicyclic) bond motifs is 3. The van der Waals surface area contributed by atoms with Gasteiger partial charge in [-0.25, -0.2) is 4.98 Å². The van der Waals surface area contributed by atoms with Crippen LogP contribution in [0.2, 0.25) is 0 Å². The van der Waals surface area contributed by atoms with E-state index in [2.05, 4.69) is 15.4 Å². The maximum Gasteiger partial charge on any atom is 0.257 e. The number of aryl methyl sites for hydroxylation is 2. The maximum absolute atomic E-state index is 12.5. The highest BCUT2D eigenvalue weighted by Crippen LogP contribution is 2.37. The van der Waals surface area contributed by atoms with Crippen molar-refractivity contribution < 1.29 is 9.53 Å². The second kappa shape index (κ2) is 6.42. The number of nitrogens with zero attached hydrogens (tertiary/aromatic N) is 3. The van der Waals surface area contributed by atoms with Crippen LogP contribution in [0.3, 0.4) is 0 Å².